The minimum atomic E-state index is 0.223. The lowest BCUT2D eigenvalue weighted by Gasteiger charge is -2.15. The zero-order valence-corrected chi connectivity index (χ0v) is 9.68. The van der Waals surface area contributed by atoms with Gasteiger partial charge >= 0.3 is 0 Å². The van der Waals surface area contributed by atoms with Crippen molar-refractivity contribution in [1.82, 2.24) is 4.90 Å². The highest BCUT2D eigenvalue weighted by molar-refractivity contribution is 6.42. The molecule has 1 amide bonds. The third-order valence-corrected chi connectivity index (χ3v) is 3.27. The molecule has 0 spiro atoms. The number of amides is 1. The van der Waals surface area contributed by atoms with E-state index in [1.54, 1.807) is 6.07 Å². The zero-order valence-electron chi connectivity index (χ0n) is 8.17. The van der Waals surface area contributed by atoms with Gasteiger partial charge in [-0.3, -0.25) is 4.79 Å². The van der Waals surface area contributed by atoms with Gasteiger partial charge in [-0.1, -0.05) is 29.3 Å². The van der Waals surface area contributed by atoms with E-state index in [1.165, 1.54) is 0 Å². The van der Waals surface area contributed by atoms with Crippen LogP contribution in [0.4, 0.5) is 0 Å². The molecule has 0 radical (unpaired) electrons. The predicted molar refractivity (Wildman–Crippen MR) is 61.1 cm³/mol. The van der Waals surface area contributed by atoms with Crippen molar-refractivity contribution in [3.63, 3.8) is 0 Å². The minimum Gasteiger partial charge on any atom is -0.338 e. The van der Waals surface area contributed by atoms with Crippen molar-refractivity contribution in [2.24, 2.45) is 0 Å². The average molecular weight is 244 g/mol. The summed E-state index contributed by atoms with van der Waals surface area (Å²) in [6, 6.07) is 5.48. The average Bonchev–Trinajstić information content (AvgIpc) is 2.59. The fourth-order valence-corrected chi connectivity index (χ4v) is 2.05. The quantitative estimate of drug-likeness (QED) is 0.782. The summed E-state index contributed by atoms with van der Waals surface area (Å²) in [5.74, 6) is 0.223. The van der Waals surface area contributed by atoms with E-state index >= 15 is 0 Å². The van der Waals surface area contributed by atoms with E-state index in [2.05, 4.69) is 0 Å². The van der Waals surface area contributed by atoms with E-state index in [1.807, 2.05) is 17.0 Å². The molecule has 0 atom stereocenters. The molecule has 1 aromatic carbocycles. The summed E-state index contributed by atoms with van der Waals surface area (Å²) < 4.78 is 0. The number of carbonyl (C=O) groups excluding carboxylic acids is 1. The fraction of sp³-hybridized carbons (Fsp3) is 0.364. The number of rotatable bonds is 2. The van der Waals surface area contributed by atoms with E-state index in [4.69, 9.17) is 23.2 Å². The lowest BCUT2D eigenvalue weighted by Crippen LogP contribution is -2.23. The molecule has 4 heteroatoms. The highest BCUT2D eigenvalue weighted by Crippen LogP contribution is 2.24. The van der Waals surface area contributed by atoms with Crippen molar-refractivity contribution in [2.75, 3.05) is 6.54 Å². The molecule has 1 fully saturated rings. The molecule has 1 saturated heterocycles. The second-order valence-electron chi connectivity index (χ2n) is 3.67. The summed E-state index contributed by atoms with van der Waals surface area (Å²) in [4.78, 5) is 13.2. The van der Waals surface area contributed by atoms with Crippen LogP contribution in [-0.2, 0) is 11.3 Å². The molecule has 2 rings (SSSR count). The van der Waals surface area contributed by atoms with Gasteiger partial charge in [-0.25, -0.2) is 0 Å². The monoisotopic (exact) mass is 243 g/mol. The molecule has 0 unspecified atom stereocenters. The summed E-state index contributed by atoms with van der Waals surface area (Å²) >= 11 is 11.7. The molecule has 0 N–H and O–H groups in total. The van der Waals surface area contributed by atoms with Crippen molar-refractivity contribution in [1.29, 1.82) is 0 Å². The largest absolute Gasteiger partial charge is 0.338 e. The van der Waals surface area contributed by atoms with Crippen LogP contribution in [0, 0.1) is 0 Å². The van der Waals surface area contributed by atoms with Crippen LogP contribution < -0.4 is 0 Å². The van der Waals surface area contributed by atoms with E-state index in [-0.39, 0.29) is 5.91 Å². The van der Waals surface area contributed by atoms with Crippen LogP contribution in [0.5, 0.6) is 0 Å². The molecular weight excluding hydrogens is 233 g/mol. The van der Waals surface area contributed by atoms with Gasteiger partial charge in [0, 0.05) is 19.5 Å². The summed E-state index contributed by atoms with van der Waals surface area (Å²) in [5.41, 5.74) is 1.03. The maximum absolute atomic E-state index is 11.4. The first-order chi connectivity index (χ1) is 7.16. The van der Waals surface area contributed by atoms with Crippen LogP contribution in [0.15, 0.2) is 18.2 Å². The van der Waals surface area contributed by atoms with Crippen LogP contribution >= 0.6 is 23.2 Å². The number of halogens is 2. The van der Waals surface area contributed by atoms with Crippen molar-refractivity contribution in [2.45, 2.75) is 19.4 Å². The summed E-state index contributed by atoms with van der Waals surface area (Å²) in [6.45, 7) is 1.48. The number of nitrogens with zero attached hydrogens (tertiary/aromatic N) is 1. The first-order valence-corrected chi connectivity index (χ1v) is 5.64. The predicted octanol–water partition coefficient (Wildman–Crippen LogP) is 3.12. The van der Waals surface area contributed by atoms with E-state index in [0.717, 1.165) is 18.5 Å². The minimum absolute atomic E-state index is 0.223. The molecule has 1 aliphatic heterocycles. The number of carbonyl (C=O) groups is 1. The Morgan fingerprint density at radius 2 is 2.07 bits per heavy atom. The molecule has 15 heavy (non-hydrogen) atoms. The van der Waals surface area contributed by atoms with Gasteiger partial charge < -0.3 is 4.90 Å². The Balaban J connectivity index is 2.10. The van der Waals surface area contributed by atoms with Gasteiger partial charge in [-0.05, 0) is 24.1 Å². The molecule has 1 aromatic rings. The standard InChI is InChI=1S/C11H11Cl2NO/c12-9-4-3-8(6-10(9)13)7-14-5-1-2-11(14)15/h3-4,6H,1-2,5,7H2. The third kappa shape index (κ3) is 2.44. The molecule has 0 saturated carbocycles. The molecule has 80 valence electrons. The third-order valence-electron chi connectivity index (χ3n) is 2.53. The highest BCUT2D eigenvalue weighted by Gasteiger charge is 2.19. The van der Waals surface area contributed by atoms with E-state index in [0.29, 0.717) is 23.0 Å². The van der Waals surface area contributed by atoms with Gasteiger partial charge in [-0.15, -0.1) is 0 Å². The lowest BCUT2D eigenvalue weighted by molar-refractivity contribution is -0.128. The van der Waals surface area contributed by atoms with Crippen LogP contribution in [-0.4, -0.2) is 17.4 Å². The normalized spacial score (nSPS) is 16.1. The van der Waals surface area contributed by atoms with Crippen molar-refractivity contribution < 1.29 is 4.79 Å². The van der Waals surface area contributed by atoms with Crippen LogP contribution in [0.3, 0.4) is 0 Å². The number of benzene rings is 1. The Morgan fingerprint density at radius 3 is 2.67 bits per heavy atom. The van der Waals surface area contributed by atoms with Gasteiger partial charge in [0.1, 0.15) is 0 Å². The Kier molecular flexibility index (Phi) is 3.17. The first kappa shape index (κ1) is 10.8. The van der Waals surface area contributed by atoms with Gasteiger partial charge in [-0.2, -0.15) is 0 Å². The summed E-state index contributed by atoms with van der Waals surface area (Å²) in [5, 5.41) is 1.09. The lowest BCUT2D eigenvalue weighted by atomic mass is 10.2. The zero-order chi connectivity index (χ0) is 10.8. The molecule has 1 heterocycles. The Bertz CT molecular complexity index is 392. The van der Waals surface area contributed by atoms with Gasteiger partial charge in [0.2, 0.25) is 5.91 Å². The molecule has 0 aliphatic carbocycles. The van der Waals surface area contributed by atoms with Crippen LogP contribution in [0.2, 0.25) is 10.0 Å². The van der Waals surface area contributed by atoms with Gasteiger partial charge in [0.05, 0.1) is 10.0 Å². The van der Waals surface area contributed by atoms with Gasteiger partial charge in [0.15, 0.2) is 0 Å². The molecule has 2 nitrogen and oxygen atoms in total. The Hall–Kier alpha value is -0.730. The van der Waals surface area contributed by atoms with Crippen molar-refractivity contribution in [3.05, 3.63) is 33.8 Å². The van der Waals surface area contributed by atoms with Crippen LogP contribution in [0.1, 0.15) is 18.4 Å². The van der Waals surface area contributed by atoms with Crippen LogP contribution in [0.25, 0.3) is 0 Å². The summed E-state index contributed by atoms with van der Waals surface area (Å²) in [6.07, 6.45) is 1.63. The van der Waals surface area contributed by atoms with Crippen molar-refractivity contribution >= 4 is 29.1 Å². The number of likely N-dealkylation sites (tertiary alicyclic amines) is 1. The first-order valence-electron chi connectivity index (χ1n) is 4.88. The smallest absolute Gasteiger partial charge is 0.222 e. The van der Waals surface area contributed by atoms with E-state index < -0.39 is 0 Å². The second kappa shape index (κ2) is 4.42. The Labute approximate surface area is 98.8 Å². The fourth-order valence-electron chi connectivity index (χ4n) is 1.73. The maximum Gasteiger partial charge on any atom is 0.222 e. The SMILES string of the molecule is O=C1CCCN1Cc1ccc(Cl)c(Cl)c1. The molecule has 0 aromatic heterocycles. The Morgan fingerprint density at radius 1 is 1.27 bits per heavy atom. The topological polar surface area (TPSA) is 20.3 Å². The maximum atomic E-state index is 11.4. The number of hydrogen-bond acceptors (Lipinski definition) is 1. The highest BCUT2D eigenvalue weighted by atomic mass is 35.5. The number of hydrogen-bond donors (Lipinski definition) is 0. The summed E-state index contributed by atoms with van der Waals surface area (Å²) in [7, 11) is 0. The van der Waals surface area contributed by atoms with E-state index in [9.17, 15) is 4.79 Å². The van der Waals surface area contributed by atoms with Crippen molar-refractivity contribution in [3.8, 4) is 0 Å². The molecule has 1 aliphatic rings. The molecule has 0 bridgehead atoms. The molecular formula is C11H11Cl2NO. The van der Waals surface area contributed by atoms with Gasteiger partial charge in [0.25, 0.3) is 0 Å². The second-order valence-corrected chi connectivity index (χ2v) is 4.48.